The molecule has 3 rings (SSSR count). The van der Waals surface area contributed by atoms with Crippen LogP contribution in [0.3, 0.4) is 0 Å². The van der Waals surface area contributed by atoms with E-state index in [1.165, 1.54) is 0 Å². The number of anilines is 1. The smallest absolute Gasteiger partial charge is 0.134 e. The van der Waals surface area contributed by atoms with Crippen LogP contribution < -0.4 is 5.32 Å². The second-order valence-electron chi connectivity index (χ2n) is 4.42. The van der Waals surface area contributed by atoms with Crippen LogP contribution in [-0.2, 0) is 6.54 Å². The van der Waals surface area contributed by atoms with Crippen molar-refractivity contribution in [1.82, 2.24) is 10.2 Å². The molecule has 1 heterocycles. The molecule has 0 unspecified atom stereocenters. The SMILES string of the molecule is Oc1ccc(CNc2cc(Br)cc3[nH]ncc23)cc1Cl. The molecule has 0 aliphatic heterocycles. The van der Waals surface area contributed by atoms with E-state index in [0.717, 1.165) is 26.6 Å². The third kappa shape index (κ3) is 2.59. The number of H-pyrrole nitrogens is 1. The number of nitrogens with zero attached hydrogens (tertiary/aromatic N) is 1. The third-order valence-electron chi connectivity index (χ3n) is 3.02. The lowest BCUT2D eigenvalue weighted by atomic mass is 10.2. The van der Waals surface area contributed by atoms with Crippen LogP contribution in [0.5, 0.6) is 5.75 Å². The maximum atomic E-state index is 9.41. The molecule has 4 nitrogen and oxygen atoms in total. The molecule has 20 heavy (non-hydrogen) atoms. The fraction of sp³-hybridized carbons (Fsp3) is 0.0714. The maximum Gasteiger partial charge on any atom is 0.134 e. The largest absolute Gasteiger partial charge is 0.506 e. The van der Waals surface area contributed by atoms with E-state index in [9.17, 15) is 5.11 Å². The number of aromatic amines is 1. The van der Waals surface area contributed by atoms with Gasteiger partial charge in [-0.2, -0.15) is 5.10 Å². The Kier molecular flexibility index (Phi) is 3.54. The first-order valence-electron chi connectivity index (χ1n) is 5.97. The number of nitrogens with one attached hydrogen (secondary N) is 2. The Hall–Kier alpha value is -1.72. The van der Waals surface area contributed by atoms with Gasteiger partial charge in [-0.3, -0.25) is 5.10 Å². The predicted octanol–water partition coefficient (Wildman–Crippen LogP) is 4.30. The van der Waals surface area contributed by atoms with Crippen LogP contribution >= 0.6 is 27.5 Å². The van der Waals surface area contributed by atoms with Crippen molar-refractivity contribution in [1.29, 1.82) is 0 Å². The number of fused-ring (bicyclic) bond motifs is 1. The normalized spacial score (nSPS) is 10.9. The van der Waals surface area contributed by atoms with Crippen molar-refractivity contribution in [3.05, 3.63) is 51.6 Å². The predicted molar refractivity (Wildman–Crippen MR) is 84.2 cm³/mol. The fourth-order valence-electron chi connectivity index (χ4n) is 2.02. The number of phenolic OH excluding ortho intramolecular Hbond substituents is 1. The topological polar surface area (TPSA) is 60.9 Å². The summed E-state index contributed by atoms with van der Waals surface area (Å²) in [5, 5.41) is 21.1. The Morgan fingerprint density at radius 2 is 2.15 bits per heavy atom. The average molecular weight is 353 g/mol. The van der Waals surface area contributed by atoms with E-state index in [0.29, 0.717) is 11.6 Å². The third-order valence-corrected chi connectivity index (χ3v) is 3.78. The molecule has 0 saturated heterocycles. The lowest BCUT2D eigenvalue weighted by Gasteiger charge is -2.09. The lowest BCUT2D eigenvalue weighted by molar-refractivity contribution is 0.475. The van der Waals surface area contributed by atoms with Gasteiger partial charge in [0.1, 0.15) is 5.75 Å². The summed E-state index contributed by atoms with van der Waals surface area (Å²) >= 11 is 9.37. The summed E-state index contributed by atoms with van der Waals surface area (Å²) in [6.45, 7) is 0.608. The van der Waals surface area contributed by atoms with Crippen molar-refractivity contribution in [3.8, 4) is 5.75 Å². The van der Waals surface area contributed by atoms with E-state index in [4.69, 9.17) is 11.6 Å². The van der Waals surface area contributed by atoms with Gasteiger partial charge in [-0.15, -0.1) is 0 Å². The van der Waals surface area contributed by atoms with E-state index in [2.05, 4.69) is 31.4 Å². The van der Waals surface area contributed by atoms with Crippen LogP contribution in [0.15, 0.2) is 41.0 Å². The molecule has 0 bridgehead atoms. The van der Waals surface area contributed by atoms with Crippen LogP contribution in [0.1, 0.15) is 5.56 Å². The highest BCUT2D eigenvalue weighted by molar-refractivity contribution is 9.10. The average Bonchev–Trinajstić information content (AvgIpc) is 2.88. The monoisotopic (exact) mass is 351 g/mol. The zero-order valence-electron chi connectivity index (χ0n) is 10.3. The summed E-state index contributed by atoms with van der Waals surface area (Å²) in [5.41, 5.74) is 2.93. The van der Waals surface area contributed by atoms with Crippen LogP contribution in [0.2, 0.25) is 5.02 Å². The molecule has 0 amide bonds. The number of halogens is 2. The molecule has 0 fully saturated rings. The number of phenols is 1. The lowest BCUT2D eigenvalue weighted by Crippen LogP contribution is -1.99. The van der Waals surface area contributed by atoms with E-state index in [1.54, 1.807) is 18.3 Å². The summed E-state index contributed by atoms with van der Waals surface area (Å²) in [6, 6.07) is 9.14. The van der Waals surface area contributed by atoms with Gasteiger partial charge in [-0.1, -0.05) is 33.6 Å². The quantitative estimate of drug-likeness (QED) is 0.659. The van der Waals surface area contributed by atoms with Gasteiger partial charge < -0.3 is 10.4 Å². The molecular weight excluding hydrogens is 342 g/mol. The Morgan fingerprint density at radius 1 is 1.30 bits per heavy atom. The molecule has 0 radical (unpaired) electrons. The van der Waals surface area contributed by atoms with Gasteiger partial charge in [-0.25, -0.2) is 0 Å². The molecule has 0 aliphatic carbocycles. The van der Waals surface area contributed by atoms with Crippen LogP contribution in [0.25, 0.3) is 10.9 Å². The highest BCUT2D eigenvalue weighted by Crippen LogP contribution is 2.28. The molecule has 3 N–H and O–H groups in total. The van der Waals surface area contributed by atoms with Crippen molar-refractivity contribution in [2.45, 2.75) is 6.54 Å². The molecule has 0 aliphatic rings. The maximum absolute atomic E-state index is 9.41. The van der Waals surface area contributed by atoms with Crippen molar-refractivity contribution in [2.24, 2.45) is 0 Å². The number of benzene rings is 2. The summed E-state index contributed by atoms with van der Waals surface area (Å²) in [4.78, 5) is 0. The molecule has 3 aromatic rings. The van der Waals surface area contributed by atoms with Crippen molar-refractivity contribution < 1.29 is 5.11 Å². The van der Waals surface area contributed by atoms with Crippen molar-refractivity contribution in [2.75, 3.05) is 5.32 Å². The summed E-state index contributed by atoms with van der Waals surface area (Å²) in [6.07, 6.45) is 1.79. The summed E-state index contributed by atoms with van der Waals surface area (Å²) in [5.74, 6) is 0.0927. The molecule has 1 aromatic heterocycles. The second-order valence-corrected chi connectivity index (χ2v) is 5.75. The first kappa shape index (κ1) is 13.3. The van der Waals surface area contributed by atoms with Gasteiger partial charge in [0.15, 0.2) is 0 Å². The van der Waals surface area contributed by atoms with Crippen molar-refractivity contribution >= 4 is 44.1 Å². The Balaban J connectivity index is 1.86. The highest BCUT2D eigenvalue weighted by atomic mass is 79.9. The van der Waals surface area contributed by atoms with Gasteiger partial charge in [0.25, 0.3) is 0 Å². The van der Waals surface area contributed by atoms with Crippen LogP contribution in [-0.4, -0.2) is 15.3 Å². The Labute approximate surface area is 128 Å². The fourth-order valence-corrected chi connectivity index (χ4v) is 2.68. The molecular formula is C14H11BrClN3O. The van der Waals surface area contributed by atoms with E-state index >= 15 is 0 Å². The van der Waals surface area contributed by atoms with Gasteiger partial charge >= 0.3 is 0 Å². The van der Waals surface area contributed by atoms with Crippen molar-refractivity contribution in [3.63, 3.8) is 0 Å². The zero-order valence-corrected chi connectivity index (χ0v) is 12.7. The highest BCUT2D eigenvalue weighted by Gasteiger charge is 2.06. The molecule has 6 heteroatoms. The van der Waals surface area contributed by atoms with E-state index < -0.39 is 0 Å². The number of aromatic hydroxyl groups is 1. The first-order chi connectivity index (χ1) is 9.63. The first-order valence-corrected chi connectivity index (χ1v) is 7.14. The van der Waals surface area contributed by atoms with Crippen LogP contribution in [0.4, 0.5) is 5.69 Å². The summed E-state index contributed by atoms with van der Waals surface area (Å²) < 4.78 is 0.973. The molecule has 2 aromatic carbocycles. The number of hydrogen-bond acceptors (Lipinski definition) is 3. The minimum Gasteiger partial charge on any atom is -0.506 e. The number of aromatic nitrogens is 2. The molecule has 0 spiro atoms. The standard InChI is InChI=1S/C14H11BrClN3O/c15-9-4-12(10-7-18-19-13(10)5-9)17-6-8-1-2-14(20)11(16)3-8/h1-5,7,17,20H,6H2,(H,18,19). The van der Waals surface area contributed by atoms with Crippen LogP contribution in [0, 0.1) is 0 Å². The number of hydrogen-bond donors (Lipinski definition) is 3. The molecule has 0 atom stereocenters. The van der Waals surface area contributed by atoms with Gasteiger partial charge in [0, 0.05) is 22.1 Å². The van der Waals surface area contributed by atoms with E-state index in [1.807, 2.05) is 18.2 Å². The van der Waals surface area contributed by atoms with Gasteiger partial charge in [0.05, 0.1) is 16.7 Å². The van der Waals surface area contributed by atoms with Gasteiger partial charge in [-0.05, 0) is 29.8 Å². The Bertz CT molecular complexity index is 772. The van der Waals surface area contributed by atoms with Gasteiger partial charge in [0.2, 0.25) is 0 Å². The Morgan fingerprint density at radius 3 is 2.95 bits per heavy atom. The summed E-state index contributed by atoms with van der Waals surface area (Å²) in [7, 11) is 0. The minimum absolute atomic E-state index is 0.0927. The second kappa shape index (κ2) is 5.34. The van der Waals surface area contributed by atoms with E-state index in [-0.39, 0.29) is 5.75 Å². The minimum atomic E-state index is 0.0927. The molecule has 102 valence electrons. The molecule has 0 saturated carbocycles. The zero-order chi connectivity index (χ0) is 14.1. The number of rotatable bonds is 3.